The Morgan fingerprint density at radius 2 is 1.58 bits per heavy atom. The van der Waals surface area contributed by atoms with Crippen LogP contribution in [0.25, 0.3) is 22.3 Å². The van der Waals surface area contributed by atoms with Crippen LogP contribution in [-0.2, 0) is 4.74 Å². The molecule has 0 bridgehead atoms. The molecule has 4 rings (SSSR count). The van der Waals surface area contributed by atoms with Gasteiger partial charge in [-0.05, 0) is 12.1 Å². The molecule has 1 aliphatic rings. The highest BCUT2D eigenvalue weighted by Gasteiger charge is 2.45. The highest BCUT2D eigenvalue weighted by molar-refractivity contribution is 5.88. The van der Waals surface area contributed by atoms with E-state index in [1.54, 1.807) is 0 Å². The first-order valence-corrected chi connectivity index (χ1v) is 9.52. The second-order valence-electron chi connectivity index (χ2n) is 7.34. The first-order valence-electron chi connectivity index (χ1n) is 9.52. The number of phenolic OH excluding ortho intramolecular Hbond substituents is 4. The second-order valence-corrected chi connectivity index (χ2v) is 7.34. The summed E-state index contributed by atoms with van der Waals surface area (Å²) in [5.41, 5.74) is 0.260. The van der Waals surface area contributed by atoms with Crippen molar-refractivity contribution in [2.75, 3.05) is 6.61 Å². The van der Waals surface area contributed by atoms with Gasteiger partial charge < -0.3 is 62.7 Å². The Labute approximate surface area is 192 Å². The lowest BCUT2D eigenvalue weighted by Gasteiger charge is -2.39. The number of hydrogen-bond donors (Lipinski definition) is 8. The number of aliphatic hydroxyl groups excluding tert-OH is 4. The van der Waals surface area contributed by atoms with Crippen LogP contribution in [0.15, 0.2) is 40.8 Å². The predicted octanol–water partition coefficient (Wildman–Crippen LogP) is -2.61. The molecule has 1 aromatic heterocycles. The molecule has 0 spiro atoms. The van der Waals surface area contributed by atoms with Gasteiger partial charge in [-0.3, -0.25) is 0 Å². The van der Waals surface area contributed by atoms with E-state index in [4.69, 9.17) is 13.9 Å². The summed E-state index contributed by atoms with van der Waals surface area (Å²) in [7, 11) is 0. The summed E-state index contributed by atoms with van der Waals surface area (Å²) in [6, 6.07) is 7.37. The molecule has 0 unspecified atom stereocenters. The number of aliphatic hydroxyl groups is 4. The van der Waals surface area contributed by atoms with Crippen LogP contribution in [0.1, 0.15) is 0 Å². The van der Waals surface area contributed by atoms with E-state index in [0.29, 0.717) is 0 Å². The van der Waals surface area contributed by atoms with Crippen molar-refractivity contribution in [2.45, 2.75) is 30.7 Å². The van der Waals surface area contributed by atoms with Gasteiger partial charge in [-0.25, -0.2) is 4.42 Å². The number of aromatic hydroxyl groups is 4. The molecule has 0 radical (unpaired) electrons. The lowest BCUT2D eigenvalue weighted by molar-refractivity contribution is -0.277. The molecule has 1 saturated heterocycles. The van der Waals surface area contributed by atoms with Gasteiger partial charge in [-0.1, -0.05) is 0 Å². The van der Waals surface area contributed by atoms with E-state index in [1.165, 1.54) is 30.3 Å². The lowest BCUT2D eigenvalue weighted by atomic mass is 9.99. The minimum atomic E-state index is -1.71. The molecule has 0 amide bonds. The van der Waals surface area contributed by atoms with Gasteiger partial charge in [0.05, 0.1) is 18.2 Å². The topological polar surface area (TPSA) is 192 Å². The van der Waals surface area contributed by atoms with Gasteiger partial charge >= 0.3 is 11.3 Å². The Kier molecular flexibility index (Phi) is 7.03. The molecule has 8 N–H and O–H groups in total. The van der Waals surface area contributed by atoms with Crippen molar-refractivity contribution in [1.29, 1.82) is 0 Å². The van der Waals surface area contributed by atoms with Crippen molar-refractivity contribution in [2.24, 2.45) is 0 Å². The van der Waals surface area contributed by atoms with Crippen molar-refractivity contribution >= 4 is 11.0 Å². The van der Waals surface area contributed by atoms with Crippen LogP contribution in [-0.4, -0.2) is 78.2 Å². The van der Waals surface area contributed by atoms with Gasteiger partial charge in [0, 0.05) is 18.2 Å². The summed E-state index contributed by atoms with van der Waals surface area (Å²) < 4.78 is 16.8. The summed E-state index contributed by atoms with van der Waals surface area (Å²) in [4.78, 5) is 0. The highest BCUT2D eigenvalue weighted by atomic mass is 35.5. The largest absolute Gasteiger partial charge is 1.00 e. The molecule has 33 heavy (non-hydrogen) atoms. The molecule has 178 valence electrons. The van der Waals surface area contributed by atoms with Gasteiger partial charge in [0.2, 0.25) is 12.0 Å². The van der Waals surface area contributed by atoms with Crippen molar-refractivity contribution in [3.8, 4) is 40.1 Å². The van der Waals surface area contributed by atoms with Crippen LogP contribution in [0.4, 0.5) is 0 Å². The Bertz CT molecular complexity index is 1150. The molecule has 11 nitrogen and oxygen atoms in total. The number of fused-ring (bicyclic) bond motifs is 1. The Hall–Kier alpha value is -3.06. The van der Waals surface area contributed by atoms with Gasteiger partial charge in [0.1, 0.15) is 41.3 Å². The third kappa shape index (κ3) is 4.55. The van der Waals surface area contributed by atoms with Gasteiger partial charge in [-0.15, -0.1) is 0 Å². The maximum absolute atomic E-state index is 10.3. The quantitative estimate of drug-likeness (QED) is 0.141. The number of benzene rings is 2. The van der Waals surface area contributed by atoms with Crippen molar-refractivity contribution in [1.82, 2.24) is 0 Å². The maximum atomic E-state index is 10.3. The van der Waals surface area contributed by atoms with Gasteiger partial charge in [0.15, 0.2) is 11.5 Å². The second kappa shape index (κ2) is 9.43. The number of ether oxygens (including phenoxy) is 2. The smallest absolute Gasteiger partial charge is 0.402 e. The molecule has 5 atom stereocenters. The normalized spacial score (nSPS) is 24.9. The fraction of sp³-hybridized carbons (Fsp3) is 0.286. The molecule has 1 aliphatic heterocycles. The first kappa shape index (κ1) is 24.6. The molecule has 2 heterocycles. The standard InChI is InChI=1S/C21H20O11.ClH/c22-7-16-17(27)18(28)19(29)21(32-16)31-15-6-10-12(25)4-9(23)5-14(10)30-20(15)8-1-2-11(24)13(26)3-8;/h1-6,16-19,21-22,27-29H,7H2,(H3-,23,24,25,26);1H/t16-,17-,18+,19-,21-;/m1./s1/i1+1,2+1,3+1,8+1,11+1,13+1;. The van der Waals surface area contributed by atoms with Crippen molar-refractivity contribution in [3.05, 3.63) is 36.4 Å². The van der Waals surface area contributed by atoms with Gasteiger partial charge in [0.25, 0.3) is 0 Å². The maximum Gasteiger partial charge on any atom is 0.402 e. The van der Waals surface area contributed by atoms with Crippen molar-refractivity contribution in [3.63, 3.8) is 0 Å². The SMILES string of the molecule is OC[C@H]1O[C@@H](Oc2cc3c(O)cc(O)cc3[o+]c2-[13c]2[13cH][13cH][13c](O)[13c](O)[13cH]2)[C@H](O)[C@@H](O)[C@@H]1O.[Cl-]. The minimum absolute atomic E-state index is 0. The van der Waals surface area contributed by atoms with E-state index in [2.05, 4.69) is 0 Å². The zero-order valence-electron chi connectivity index (χ0n) is 16.7. The molecular formula is C21H21ClO11. The van der Waals surface area contributed by atoms with Gasteiger partial charge in [-0.2, -0.15) is 0 Å². The number of halogens is 1. The average molecular weight is 491 g/mol. The van der Waals surface area contributed by atoms with E-state index in [1.807, 2.05) is 0 Å². The molecule has 0 aliphatic carbocycles. The molecular weight excluding hydrogens is 470 g/mol. The van der Waals surface area contributed by atoms with Crippen LogP contribution < -0.4 is 17.1 Å². The van der Waals surface area contributed by atoms with Crippen LogP contribution in [0.5, 0.6) is 28.7 Å². The minimum Gasteiger partial charge on any atom is -1.00 e. The van der Waals surface area contributed by atoms with E-state index < -0.39 is 43.1 Å². The Morgan fingerprint density at radius 3 is 2.24 bits per heavy atom. The van der Waals surface area contributed by atoms with Crippen molar-refractivity contribution < 1.29 is 67.2 Å². The van der Waals surface area contributed by atoms with Crippen LogP contribution in [0.3, 0.4) is 0 Å². The zero-order chi connectivity index (χ0) is 23.2. The van der Waals surface area contributed by atoms with E-state index in [9.17, 15) is 40.9 Å². The predicted molar refractivity (Wildman–Crippen MR) is 107 cm³/mol. The number of phenols is 4. The monoisotopic (exact) mass is 490 g/mol. The summed E-state index contributed by atoms with van der Waals surface area (Å²) >= 11 is 0. The lowest BCUT2D eigenvalue weighted by Crippen LogP contribution is -3.00. The Balaban J connectivity index is 0.00000306. The zero-order valence-corrected chi connectivity index (χ0v) is 17.5. The Morgan fingerprint density at radius 1 is 0.848 bits per heavy atom. The third-order valence-corrected chi connectivity index (χ3v) is 5.15. The summed E-state index contributed by atoms with van der Waals surface area (Å²) in [5.74, 6) is -1.64. The average Bonchev–Trinajstić information content (AvgIpc) is 2.76. The van der Waals surface area contributed by atoms with Crippen LogP contribution >= 0.6 is 0 Å². The van der Waals surface area contributed by atoms with Crippen LogP contribution in [0, 0.1) is 0 Å². The van der Waals surface area contributed by atoms with E-state index >= 15 is 0 Å². The van der Waals surface area contributed by atoms with E-state index in [-0.39, 0.29) is 57.7 Å². The number of hydrogen-bond acceptors (Lipinski definition) is 10. The summed E-state index contributed by atoms with van der Waals surface area (Å²) in [5, 5.41) is 79.2. The molecule has 3 aromatic rings. The third-order valence-electron chi connectivity index (χ3n) is 5.15. The fourth-order valence-corrected chi connectivity index (χ4v) is 3.43. The van der Waals surface area contributed by atoms with E-state index in [0.717, 1.165) is 6.07 Å². The summed E-state index contributed by atoms with van der Waals surface area (Å²) in [6.07, 6.45) is -7.76. The molecule has 2 aromatic carbocycles. The fourth-order valence-electron chi connectivity index (χ4n) is 3.43. The number of rotatable bonds is 4. The molecule has 0 saturated carbocycles. The first-order chi connectivity index (χ1) is 15.2. The summed E-state index contributed by atoms with van der Waals surface area (Å²) in [6.45, 7) is -0.661. The molecule has 12 heteroatoms. The highest BCUT2D eigenvalue weighted by Crippen LogP contribution is 2.42. The van der Waals surface area contributed by atoms with Crippen LogP contribution in [0.2, 0.25) is 0 Å². The molecule has 1 fully saturated rings.